The molecule has 0 amide bonds. The van der Waals surface area contributed by atoms with Crippen LogP contribution in [-0.2, 0) is 6.54 Å². The van der Waals surface area contributed by atoms with Gasteiger partial charge in [0.2, 0.25) is 5.88 Å². The molecule has 0 fully saturated rings. The molecule has 112 valence electrons. The smallest absolute Gasteiger partial charge is 0.422 e. The molecule has 0 saturated heterocycles. The molecular formula is C12H9ClF3N3O2. The van der Waals surface area contributed by atoms with Gasteiger partial charge in [-0.3, -0.25) is 4.79 Å². The third-order valence-electron chi connectivity index (χ3n) is 2.36. The predicted molar refractivity (Wildman–Crippen MR) is 68.4 cm³/mol. The zero-order chi connectivity index (χ0) is 15.5. The number of rotatable bonds is 4. The summed E-state index contributed by atoms with van der Waals surface area (Å²) in [6.45, 7) is -1.33. The van der Waals surface area contributed by atoms with Crippen LogP contribution in [0.5, 0.6) is 5.88 Å². The van der Waals surface area contributed by atoms with E-state index in [0.717, 1.165) is 0 Å². The van der Waals surface area contributed by atoms with Crippen LogP contribution in [0.3, 0.4) is 0 Å². The van der Waals surface area contributed by atoms with Crippen LogP contribution in [0.15, 0.2) is 35.3 Å². The highest BCUT2D eigenvalue weighted by Crippen LogP contribution is 2.16. The standard InChI is InChI=1S/C12H9ClF3N3O2/c13-8-1-4-11(20)19(5-8)6-9-2-3-10(18-17-9)21-7-12(14,15)16/h1-5H,6-7H2. The summed E-state index contributed by atoms with van der Waals surface area (Å²) in [5.41, 5.74) is 0.109. The number of hydrogen-bond donors (Lipinski definition) is 0. The maximum absolute atomic E-state index is 12.0. The first-order valence-electron chi connectivity index (χ1n) is 5.72. The molecule has 0 aromatic carbocycles. The number of aromatic nitrogens is 3. The summed E-state index contributed by atoms with van der Waals surface area (Å²) in [5.74, 6) is -0.241. The number of alkyl halides is 3. The van der Waals surface area contributed by atoms with E-state index in [9.17, 15) is 18.0 Å². The Bertz CT molecular complexity index is 671. The van der Waals surface area contributed by atoms with E-state index in [-0.39, 0.29) is 18.0 Å². The second-order valence-corrected chi connectivity index (χ2v) is 4.52. The quantitative estimate of drug-likeness (QED) is 0.867. The Morgan fingerprint density at radius 3 is 2.57 bits per heavy atom. The van der Waals surface area contributed by atoms with Crippen molar-refractivity contribution in [2.24, 2.45) is 0 Å². The maximum atomic E-state index is 12.0. The minimum absolute atomic E-state index is 0.103. The fraction of sp³-hybridized carbons (Fsp3) is 0.250. The lowest BCUT2D eigenvalue weighted by molar-refractivity contribution is -0.154. The van der Waals surface area contributed by atoms with Crippen molar-refractivity contribution >= 4 is 11.6 Å². The molecular weight excluding hydrogens is 311 g/mol. The molecule has 5 nitrogen and oxygen atoms in total. The van der Waals surface area contributed by atoms with E-state index < -0.39 is 12.8 Å². The van der Waals surface area contributed by atoms with E-state index in [1.807, 2.05) is 0 Å². The molecule has 0 N–H and O–H groups in total. The van der Waals surface area contributed by atoms with Crippen molar-refractivity contribution in [2.45, 2.75) is 12.7 Å². The second-order valence-electron chi connectivity index (χ2n) is 4.08. The average Bonchev–Trinajstić information content (AvgIpc) is 2.41. The summed E-state index contributed by atoms with van der Waals surface area (Å²) < 4.78 is 41.6. The lowest BCUT2D eigenvalue weighted by atomic mass is 10.3. The van der Waals surface area contributed by atoms with Crippen molar-refractivity contribution in [3.63, 3.8) is 0 Å². The first kappa shape index (κ1) is 15.3. The Morgan fingerprint density at radius 2 is 1.95 bits per heavy atom. The molecule has 2 aromatic heterocycles. The molecule has 2 heterocycles. The van der Waals surface area contributed by atoms with Crippen molar-refractivity contribution in [2.75, 3.05) is 6.61 Å². The van der Waals surface area contributed by atoms with E-state index in [1.165, 1.54) is 35.0 Å². The normalized spacial score (nSPS) is 11.4. The summed E-state index contributed by atoms with van der Waals surface area (Å²) in [6.07, 6.45) is -3.01. The maximum Gasteiger partial charge on any atom is 0.422 e. The first-order valence-corrected chi connectivity index (χ1v) is 6.09. The number of pyridine rings is 1. The van der Waals surface area contributed by atoms with Gasteiger partial charge >= 0.3 is 6.18 Å². The van der Waals surface area contributed by atoms with Gasteiger partial charge in [-0.15, -0.1) is 10.2 Å². The molecule has 0 unspecified atom stereocenters. The van der Waals surface area contributed by atoms with Gasteiger partial charge < -0.3 is 9.30 Å². The Hall–Kier alpha value is -2.09. The van der Waals surface area contributed by atoms with Crippen LogP contribution in [0.2, 0.25) is 5.02 Å². The van der Waals surface area contributed by atoms with Crippen molar-refractivity contribution in [3.05, 3.63) is 51.5 Å². The van der Waals surface area contributed by atoms with E-state index in [1.54, 1.807) is 0 Å². The molecule has 2 aromatic rings. The molecule has 0 radical (unpaired) electrons. The van der Waals surface area contributed by atoms with Crippen LogP contribution in [0.25, 0.3) is 0 Å². The third-order valence-corrected chi connectivity index (χ3v) is 2.58. The fourth-order valence-electron chi connectivity index (χ4n) is 1.46. The highest BCUT2D eigenvalue weighted by molar-refractivity contribution is 6.30. The Kier molecular flexibility index (Phi) is 4.46. The van der Waals surface area contributed by atoms with Crippen LogP contribution < -0.4 is 10.3 Å². The van der Waals surface area contributed by atoms with Gasteiger partial charge in [-0.05, 0) is 12.1 Å². The fourth-order valence-corrected chi connectivity index (χ4v) is 1.65. The monoisotopic (exact) mass is 319 g/mol. The molecule has 0 atom stereocenters. The van der Waals surface area contributed by atoms with Crippen LogP contribution >= 0.6 is 11.6 Å². The third kappa shape index (κ3) is 4.75. The number of hydrogen-bond acceptors (Lipinski definition) is 4. The largest absolute Gasteiger partial charge is 0.467 e. The average molecular weight is 320 g/mol. The zero-order valence-corrected chi connectivity index (χ0v) is 11.2. The van der Waals surface area contributed by atoms with E-state index in [0.29, 0.717) is 10.7 Å². The Balaban J connectivity index is 2.06. The van der Waals surface area contributed by atoms with Crippen molar-refractivity contribution in [3.8, 4) is 5.88 Å². The van der Waals surface area contributed by atoms with Gasteiger partial charge in [0.15, 0.2) is 6.61 Å². The minimum Gasteiger partial charge on any atom is -0.467 e. The molecule has 0 aliphatic heterocycles. The number of ether oxygens (including phenoxy) is 1. The van der Waals surface area contributed by atoms with Gasteiger partial charge in [0.1, 0.15) is 0 Å². The van der Waals surface area contributed by atoms with Gasteiger partial charge in [0.05, 0.1) is 17.3 Å². The van der Waals surface area contributed by atoms with Gasteiger partial charge in [0, 0.05) is 18.3 Å². The Labute approximate surface area is 121 Å². The van der Waals surface area contributed by atoms with E-state index in [4.69, 9.17) is 11.6 Å². The van der Waals surface area contributed by atoms with Gasteiger partial charge in [0.25, 0.3) is 5.56 Å². The summed E-state index contributed by atoms with van der Waals surface area (Å²) in [5, 5.41) is 7.59. The molecule has 0 aliphatic rings. The second kappa shape index (κ2) is 6.13. The summed E-state index contributed by atoms with van der Waals surface area (Å²) in [4.78, 5) is 11.6. The highest BCUT2D eigenvalue weighted by atomic mass is 35.5. The van der Waals surface area contributed by atoms with Crippen LogP contribution in [0.1, 0.15) is 5.69 Å². The minimum atomic E-state index is -4.44. The Morgan fingerprint density at radius 1 is 1.19 bits per heavy atom. The molecule has 0 bridgehead atoms. The lowest BCUT2D eigenvalue weighted by Gasteiger charge is -2.08. The first-order chi connectivity index (χ1) is 9.83. The lowest BCUT2D eigenvalue weighted by Crippen LogP contribution is -2.21. The predicted octanol–water partition coefficient (Wildman–Crippen LogP) is 2.28. The van der Waals surface area contributed by atoms with Crippen molar-refractivity contribution < 1.29 is 17.9 Å². The highest BCUT2D eigenvalue weighted by Gasteiger charge is 2.28. The van der Waals surface area contributed by atoms with Gasteiger partial charge in [-0.25, -0.2) is 0 Å². The van der Waals surface area contributed by atoms with E-state index in [2.05, 4.69) is 14.9 Å². The molecule has 21 heavy (non-hydrogen) atoms. The topological polar surface area (TPSA) is 57.0 Å². The molecule has 0 aliphatic carbocycles. The number of nitrogens with zero attached hydrogens (tertiary/aromatic N) is 3. The van der Waals surface area contributed by atoms with E-state index >= 15 is 0 Å². The van der Waals surface area contributed by atoms with Crippen molar-refractivity contribution in [1.29, 1.82) is 0 Å². The number of halogens is 4. The summed E-state index contributed by atoms with van der Waals surface area (Å²) >= 11 is 5.77. The van der Waals surface area contributed by atoms with Crippen molar-refractivity contribution in [1.82, 2.24) is 14.8 Å². The molecule has 0 spiro atoms. The van der Waals surface area contributed by atoms with Gasteiger partial charge in [-0.2, -0.15) is 13.2 Å². The molecule has 9 heteroatoms. The van der Waals surface area contributed by atoms with Crippen LogP contribution in [0.4, 0.5) is 13.2 Å². The van der Waals surface area contributed by atoms with Gasteiger partial charge in [-0.1, -0.05) is 11.6 Å². The molecule has 0 saturated carbocycles. The SMILES string of the molecule is O=c1ccc(Cl)cn1Cc1ccc(OCC(F)(F)F)nn1. The molecule has 2 rings (SSSR count). The summed E-state index contributed by atoms with van der Waals surface area (Å²) in [7, 11) is 0. The van der Waals surface area contributed by atoms with Crippen LogP contribution in [-0.4, -0.2) is 27.5 Å². The summed E-state index contributed by atoms with van der Waals surface area (Å²) in [6, 6.07) is 5.44. The van der Waals surface area contributed by atoms with Crippen LogP contribution in [0, 0.1) is 0 Å². The zero-order valence-electron chi connectivity index (χ0n) is 10.5.